The van der Waals surface area contributed by atoms with Crippen molar-refractivity contribution in [3.05, 3.63) is 55.6 Å². The summed E-state index contributed by atoms with van der Waals surface area (Å²) < 4.78 is 6.89. The summed E-state index contributed by atoms with van der Waals surface area (Å²) in [7, 11) is 0. The quantitative estimate of drug-likeness (QED) is 0.451. The van der Waals surface area contributed by atoms with E-state index in [1.165, 1.54) is 4.90 Å². The fourth-order valence-corrected chi connectivity index (χ4v) is 8.08. The molecule has 8 heteroatoms. The number of β-amino-alcohol motifs (C(OH)–C–C–N with tert-alkyl or cyclic N) is 1. The van der Waals surface area contributed by atoms with Crippen LogP contribution in [0.15, 0.2) is 55.6 Å². The van der Waals surface area contributed by atoms with Gasteiger partial charge < -0.3 is 24.5 Å². The first-order valence-corrected chi connectivity index (χ1v) is 14.7. The van der Waals surface area contributed by atoms with Crippen molar-refractivity contribution in [1.29, 1.82) is 0 Å². The molecule has 0 aromatic heterocycles. The summed E-state index contributed by atoms with van der Waals surface area (Å²) in [5, 5.41) is 9.99. The molecule has 1 spiro atoms. The number of rotatable bonds is 10. The molecule has 1 aromatic carbocycles. The number of hydrogen-bond acceptors (Lipinski definition) is 5. The van der Waals surface area contributed by atoms with E-state index in [0.717, 1.165) is 37.8 Å². The first-order chi connectivity index (χ1) is 19.2. The summed E-state index contributed by atoms with van der Waals surface area (Å²) >= 11 is 0. The van der Waals surface area contributed by atoms with Crippen LogP contribution in [0.5, 0.6) is 0 Å². The van der Waals surface area contributed by atoms with E-state index in [4.69, 9.17) is 4.74 Å². The second-order valence-electron chi connectivity index (χ2n) is 12.1. The third kappa shape index (κ3) is 4.31. The summed E-state index contributed by atoms with van der Waals surface area (Å²) in [6.45, 7) is 12.2. The number of amides is 3. The van der Waals surface area contributed by atoms with Crippen LogP contribution in [0.25, 0.3) is 0 Å². The van der Waals surface area contributed by atoms with Gasteiger partial charge in [0.1, 0.15) is 11.6 Å². The second-order valence-corrected chi connectivity index (χ2v) is 12.1. The molecule has 4 fully saturated rings. The fourth-order valence-electron chi connectivity index (χ4n) is 8.08. The Balaban J connectivity index is 1.58. The van der Waals surface area contributed by atoms with Crippen molar-refractivity contribution in [1.82, 2.24) is 9.80 Å². The van der Waals surface area contributed by atoms with Gasteiger partial charge in [-0.15, -0.1) is 13.2 Å². The molecule has 2 bridgehead atoms. The van der Waals surface area contributed by atoms with Crippen LogP contribution in [-0.4, -0.2) is 82.2 Å². The Hall–Kier alpha value is -2.97. The highest BCUT2D eigenvalue weighted by atomic mass is 16.5. The fraction of sp³-hybridized carbons (Fsp3) is 0.594. The molecule has 5 rings (SSSR count). The van der Waals surface area contributed by atoms with Crippen molar-refractivity contribution in [3.8, 4) is 0 Å². The average molecular weight is 550 g/mol. The van der Waals surface area contributed by atoms with E-state index in [1.54, 1.807) is 17.1 Å². The zero-order valence-corrected chi connectivity index (χ0v) is 23.8. The van der Waals surface area contributed by atoms with E-state index >= 15 is 0 Å². The molecule has 1 saturated carbocycles. The highest BCUT2D eigenvalue weighted by molar-refractivity contribution is 6.03. The topological polar surface area (TPSA) is 90.4 Å². The number of para-hydroxylation sites is 1. The molecule has 216 valence electrons. The van der Waals surface area contributed by atoms with Gasteiger partial charge in [-0.25, -0.2) is 0 Å². The number of fused-ring (bicyclic) bond motifs is 1. The zero-order valence-electron chi connectivity index (χ0n) is 23.8. The maximum absolute atomic E-state index is 14.6. The van der Waals surface area contributed by atoms with Crippen molar-refractivity contribution < 1.29 is 24.2 Å². The molecule has 0 radical (unpaired) electrons. The van der Waals surface area contributed by atoms with E-state index in [9.17, 15) is 19.5 Å². The Morgan fingerprint density at radius 2 is 1.77 bits per heavy atom. The molecule has 3 amide bonds. The predicted molar refractivity (Wildman–Crippen MR) is 153 cm³/mol. The Morgan fingerprint density at radius 3 is 2.40 bits per heavy atom. The Morgan fingerprint density at radius 1 is 1.10 bits per heavy atom. The van der Waals surface area contributed by atoms with Crippen LogP contribution in [0, 0.1) is 17.8 Å². The van der Waals surface area contributed by atoms with Gasteiger partial charge in [-0.2, -0.15) is 0 Å². The number of aliphatic hydroxyl groups is 1. The van der Waals surface area contributed by atoms with Gasteiger partial charge in [-0.3, -0.25) is 14.4 Å². The van der Waals surface area contributed by atoms with E-state index in [1.807, 2.05) is 42.2 Å². The molecule has 40 heavy (non-hydrogen) atoms. The van der Waals surface area contributed by atoms with Crippen molar-refractivity contribution >= 4 is 23.4 Å². The van der Waals surface area contributed by atoms with Crippen LogP contribution in [0.3, 0.4) is 0 Å². The first kappa shape index (κ1) is 28.6. The standard InChI is InChI=1S/C32H43N3O5/c1-5-17-33(23-13-9-7-10-14-23)28(37)25-26-29(38)35(19-20-36)27(32(26)21-22(3)31(25,4)40-32)30(39)34(18-6-2)24-15-11-8-12-16-24/h5-7,9-10,13-14,22,24-27,36H,1-2,8,11-12,15-21H2,3-4H3/t22?,25-,26+,27?,31+,32?/m1/s1. The molecule has 8 nitrogen and oxygen atoms in total. The SMILES string of the molecule is C=CCN(C(=O)[C@H]1[C@H]2C(=O)N(CCO)C(C(=O)N(CC=C)C3CCCCC3)C23CC(C)[C@]1(C)O3)c1ccccc1. The number of aliphatic hydroxyl groups excluding tert-OH is 1. The van der Waals surface area contributed by atoms with Crippen LogP contribution in [0.2, 0.25) is 0 Å². The van der Waals surface area contributed by atoms with Gasteiger partial charge in [0.2, 0.25) is 17.7 Å². The van der Waals surface area contributed by atoms with Crippen molar-refractivity contribution in [2.45, 2.75) is 75.7 Å². The van der Waals surface area contributed by atoms with Gasteiger partial charge in [0.15, 0.2) is 0 Å². The molecule has 3 heterocycles. The molecule has 1 aromatic rings. The van der Waals surface area contributed by atoms with Gasteiger partial charge in [0.25, 0.3) is 0 Å². The van der Waals surface area contributed by atoms with Crippen LogP contribution in [-0.2, 0) is 19.1 Å². The minimum atomic E-state index is -1.14. The van der Waals surface area contributed by atoms with Crippen LogP contribution in [0.4, 0.5) is 5.69 Å². The minimum absolute atomic E-state index is 0.0184. The van der Waals surface area contributed by atoms with E-state index in [0.29, 0.717) is 13.0 Å². The minimum Gasteiger partial charge on any atom is -0.395 e. The lowest BCUT2D eigenvalue weighted by Gasteiger charge is -2.41. The van der Waals surface area contributed by atoms with Crippen LogP contribution >= 0.6 is 0 Å². The van der Waals surface area contributed by atoms with Gasteiger partial charge in [-0.05, 0) is 44.2 Å². The second kappa shape index (κ2) is 11.1. The number of nitrogens with zero attached hydrogens (tertiary/aromatic N) is 3. The summed E-state index contributed by atoms with van der Waals surface area (Å²) in [5.41, 5.74) is -1.33. The molecular weight excluding hydrogens is 506 g/mol. The number of ether oxygens (including phenoxy) is 1. The number of carbonyl (C=O) groups is 3. The maximum atomic E-state index is 14.6. The van der Waals surface area contributed by atoms with Crippen molar-refractivity contribution in [2.75, 3.05) is 31.1 Å². The smallest absolute Gasteiger partial charge is 0.248 e. The zero-order chi connectivity index (χ0) is 28.7. The Bertz CT molecular complexity index is 1150. The number of benzene rings is 1. The lowest BCUT2D eigenvalue weighted by atomic mass is 9.62. The lowest BCUT2D eigenvalue weighted by Crippen LogP contribution is -2.59. The Kier molecular flexibility index (Phi) is 7.94. The third-order valence-electron chi connectivity index (χ3n) is 9.93. The highest BCUT2D eigenvalue weighted by Gasteiger charge is 2.80. The Labute approximate surface area is 237 Å². The normalized spacial score (nSPS) is 33.1. The van der Waals surface area contributed by atoms with Crippen molar-refractivity contribution in [2.24, 2.45) is 17.8 Å². The maximum Gasteiger partial charge on any atom is 0.248 e. The van der Waals surface area contributed by atoms with E-state index in [2.05, 4.69) is 20.1 Å². The molecule has 4 aliphatic rings. The average Bonchev–Trinajstić information content (AvgIpc) is 3.47. The van der Waals surface area contributed by atoms with Gasteiger partial charge in [-0.1, -0.05) is 56.5 Å². The van der Waals surface area contributed by atoms with Crippen LogP contribution < -0.4 is 4.90 Å². The number of likely N-dealkylation sites (tertiary alicyclic amines) is 1. The largest absolute Gasteiger partial charge is 0.395 e. The molecule has 6 atom stereocenters. The molecule has 1 N–H and O–H groups in total. The predicted octanol–water partition coefficient (Wildman–Crippen LogP) is 3.56. The first-order valence-electron chi connectivity index (χ1n) is 14.7. The molecule has 3 saturated heterocycles. The molecule has 3 unspecified atom stereocenters. The van der Waals surface area contributed by atoms with E-state index in [-0.39, 0.29) is 49.4 Å². The van der Waals surface area contributed by atoms with Gasteiger partial charge in [0.05, 0.1) is 24.0 Å². The number of carbonyl (C=O) groups excluding carboxylic acids is 3. The summed E-state index contributed by atoms with van der Waals surface area (Å²) in [5.74, 6) is -2.28. The summed E-state index contributed by atoms with van der Waals surface area (Å²) in [6.07, 6.45) is 9.03. The lowest BCUT2D eigenvalue weighted by molar-refractivity contribution is -0.154. The highest BCUT2D eigenvalue weighted by Crippen LogP contribution is 2.65. The molecule has 1 aliphatic carbocycles. The third-order valence-corrected chi connectivity index (χ3v) is 9.93. The van der Waals surface area contributed by atoms with Gasteiger partial charge >= 0.3 is 0 Å². The summed E-state index contributed by atoms with van der Waals surface area (Å²) in [4.78, 5) is 48.3. The van der Waals surface area contributed by atoms with Crippen LogP contribution in [0.1, 0.15) is 52.4 Å². The molecule has 3 aliphatic heterocycles. The van der Waals surface area contributed by atoms with Crippen molar-refractivity contribution in [3.63, 3.8) is 0 Å². The number of hydrogen-bond donors (Lipinski definition) is 1. The summed E-state index contributed by atoms with van der Waals surface area (Å²) in [6, 6.07) is 8.56. The molecular formula is C32H43N3O5. The number of anilines is 1. The van der Waals surface area contributed by atoms with E-state index < -0.39 is 29.1 Å². The monoisotopic (exact) mass is 549 g/mol. The van der Waals surface area contributed by atoms with Gasteiger partial charge in [0, 0.05) is 31.4 Å².